The Hall–Kier alpha value is -5.30. The van der Waals surface area contributed by atoms with Gasteiger partial charge in [-0.1, -0.05) is 212 Å². The fourth-order valence-corrected chi connectivity index (χ4v) is 14.4. The summed E-state index contributed by atoms with van der Waals surface area (Å²) in [6, 6.07) is 73.9. The molecule has 0 aliphatic heterocycles. The number of halogens is 2. The molecule has 74 heavy (non-hydrogen) atoms. The van der Waals surface area contributed by atoms with E-state index in [2.05, 4.69) is 206 Å². The first-order chi connectivity index (χ1) is 35.6. The number of benzene rings is 9. The molecule has 0 radical (unpaired) electrons. The van der Waals surface area contributed by atoms with Crippen molar-refractivity contribution in [3.05, 3.63) is 277 Å². The van der Waals surface area contributed by atoms with Gasteiger partial charge in [-0.3, -0.25) is 0 Å². The molecule has 6 atom stereocenters. The minimum atomic E-state index is -0.826. The van der Waals surface area contributed by atoms with Gasteiger partial charge in [-0.2, -0.15) is 0 Å². The average molecular weight is 1080 g/mol. The van der Waals surface area contributed by atoms with Crippen molar-refractivity contribution in [2.24, 2.45) is 11.8 Å². The molecule has 0 heterocycles. The molecule has 0 spiro atoms. The van der Waals surface area contributed by atoms with Crippen LogP contribution in [0.3, 0.4) is 0 Å². The first kappa shape index (κ1) is 52.2. The van der Waals surface area contributed by atoms with Gasteiger partial charge in [-0.05, 0) is 200 Å². The molecule has 9 aromatic rings. The molecule has 2 fully saturated rings. The van der Waals surface area contributed by atoms with Crippen molar-refractivity contribution in [3.8, 4) is 0 Å². The minimum absolute atomic E-state index is 0. The van der Waals surface area contributed by atoms with Crippen LogP contribution in [0.4, 0.5) is 0 Å². The zero-order valence-corrected chi connectivity index (χ0v) is 47.1. The molecular weight excluding hydrogens is 1010 g/mol. The molecule has 370 valence electrons. The van der Waals surface area contributed by atoms with E-state index in [-0.39, 0.29) is 14.9 Å². The molecule has 0 nitrogen and oxygen atoms in total. The number of rotatable bonds is 3. The van der Waals surface area contributed by atoms with Gasteiger partial charge in [0, 0.05) is 0 Å². The molecule has 6 aliphatic rings. The Morgan fingerprint density at radius 3 is 1.31 bits per heavy atom. The van der Waals surface area contributed by atoms with Crippen molar-refractivity contribution in [3.63, 3.8) is 0 Å². The minimum Gasteiger partial charge on any atom is -0.0622 e. The molecule has 6 unspecified atom stereocenters. The topological polar surface area (TPSA) is 0 Å². The van der Waals surface area contributed by atoms with Crippen molar-refractivity contribution < 1.29 is 20.8 Å². The SMILES string of the molecule is C1=C(c2ccccc2)CC2=C1c1c(ccc3ccccc13)CC2.[CH3-].[CH3-].[Cl][Zr+2][Cl].c1ccc(C2CC3CCc4ccc5ccccc5c4C3C2)cc1.c1ccc(C2CC3CCc4ccc5ccccc5c4C3C2)cc1. The second-order valence-corrected chi connectivity index (χ2v) is 25.0. The second kappa shape index (κ2) is 23.7. The van der Waals surface area contributed by atoms with Crippen LogP contribution in [0.25, 0.3) is 43.5 Å². The summed E-state index contributed by atoms with van der Waals surface area (Å²) in [7, 11) is 9.87. The Labute approximate surface area is 460 Å². The van der Waals surface area contributed by atoms with Crippen molar-refractivity contribution >= 4 is 60.5 Å². The summed E-state index contributed by atoms with van der Waals surface area (Å²) in [5, 5.41) is 8.59. The Balaban J connectivity index is 0.000000122. The van der Waals surface area contributed by atoms with Gasteiger partial charge in [-0.25, -0.2) is 0 Å². The van der Waals surface area contributed by atoms with E-state index in [9.17, 15) is 0 Å². The summed E-state index contributed by atoms with van der Waals surface area (Å²) >= 11 is -0.826. The second-order valence-electron chi connectivity index (χ2n) is 21.3. The maximum Gasteiger partial charge on any atom is -0.0119 e. The molecule has 0 amide bonds. The zero-order chi connectivity index (χ0) is 48.4. The summed E-state index contributed by atoms with van der Waals surface area (Å²) in [6.45, 7) is 0. The smallest absolute Gasteiger partial charge is 0.0119 e. The van der Waals surface area contributed by atoms with Crippen LogP contribution in [-0.4, -0.2) is 0 Å². The molecule has 9 aromatic carbocycles. The number of fused-ring (bicyclic) bond motifs is 14. The van der Waals surface area contributed by atoms with Gasteiger partial charge >= 0.3 is 37.9 Å². The van der Waals surface area contributed by atoms with Gasteiger partial charge in [0.15, 0.2) is 0 Å². The molecule has 3 heteroatoms. The van der Waals surface area contributed by atoms with Crippen LogP contribution in [0.5, 0.6) is 0 Å². The number of hydrogen-bond acceptors (Lipinski definition) is 0. The van der Waals surface area contributed by atoms with E-state index in [1.165, 1.54) is 124 Å². The predicted octanol–water partition coefficient (Wildman–Crippen LogP) is 20.4. The van der Waals surface area contributed by atoms with E-state index in [4.69, 9.17) is 17.0 Å². The fraction of sp³-hybridized carbons (Fsp3) is 0.239. The maximum absolute atomic E-state index is 4.93. The summed E-state index contributed by atoms with van der Waals surface area (Å²) in [6.07, 6.45) is 16.6. The quantitative estimate of drug-likeness (QED) is 0.155. The van der Waals surface area contributed by atoms with E-state index in [1.807, 2.05) is 0 Å². The van der Waals surface area contributed by atoms with Crippen LogP contribution in [0.1, 0.15) is 125 Å². The average Bonchev–Trinajstić information content (AvgIpc) is 4.23. The van der Waals surface area contributed by atoms with Gasteiger partial charge in [0.05, 0.1) is 0 Å². The molecular formula is C71H68Cl2Zr. The van der Waals surface area contributed by atoms with Gasteiger partial charge in [-0.15, -0.1) is 0 Å². The van der Waals surface area contributed by atoms with Crippen LogP contribution in [0, 0.1) is 26.7 Å². The summed E-state index contributed by atoms with van der Waals surface area (Å²) in [5.74, 6) is 4.76. The molecule has 0 saturated heterocycles. The summed E-state index contributed by atoms with van der Waals surface area (Å²) in [5.41, 5.74) is 18.6. The fourth-order valence-electron chi connectivity index (χ4n) is 14.4. The Morgan fingerprint density at radius 2 is 0.811 bits per heavy atom. The van der Waals surface area contributed by atoms with Crippen LogP contribution >= 0.6 is 17.0 Å². The normalized spacial score (nSPS) is 21.4. The number of aryl methyl sites for hydroxylation is 3. The number of hydrogen-bond donors (Lipinski definition) is 0. The summed E-state index contributed by atoms with van der Waals surface area (Å²) < 4.78 is 0. The molecule has 0 aromatic heterocycles. The van der Waals surface area contributed by atoms with Gasteiger partial charge in [0.25, 0.3) is 0 Å². The van der Waals surface area contributed by atoms with E-state index in [0.29, 0.717) is 0 Å². The van der Waals surface area contributed by atoms with Gasteiger partial charge in [0.2, 0.25) is 0 Å². The Bertz CT molecular complexity index is 3280. The molecule has 15 rings (SSSR count). The first-order valence-electron chi connectivity index (χ1n) is 26.7. The van der Waals surface area contributed by atoms with Crippen molar-refractivity contribution in [1.82, 2.24) is 0 Å². The maximum atomic E-state index is 4.93. The van der Waals surface area contributed by atoms with Gasteiger partial charge in [0.1, 0.15) is 0 Å². The van der Waals surface area contributed by atoms with E-state index in [1.54, 1.807) is 39.0 Å². The molecule has 2 saturated carbocycles. The molecule has 0 bridgehead atoms. The van der Waals surface area contributed by atoms with E-state index in [0.717, 1.165) is 41.9 Å². The van der Waals surface area contributed by atoms with Crippen molar-refractivity contribution in [2.45, 2.75) is 94.3 Å². The van der Waals surface area contributed by atoms with Gasteiger partial charge < -0.3 is 14.9 Å². The van der Waals surface area contributed by atoms with Crippen LogP contribution in [-0.2, 0) is 40.1 Å². The standard InChI is InChI=1S/2C23H22.C23H18.2CH3.2ClH.Zr/c3*1-2-6-16(7-3-1)20-14-19-13-12-18-11-10-17-8-4-5-9-21(17)23(18)22(19)15-20;;;;;/h2*1-11,19-20,22H,12-15H2;1-11,15H,12-14H2;2*1H3;2*1H;/q;;;2*-1;;;+4/p-2. The summed E-state index contributed by atoms with van der Waals surface area (Å²) in [4.78, 5) is 0. The number of allylic oxidation sites excluding steroid dienone is 4. The Morgan fingerprint density at radius 1 is 0.392 bits per heavy atom. The zero-order valence-electron chi connectivity index (χ0n) is 43.1. The Kier molecular flexibility index (Phi) is 16.7. The third kappa shape index (κ3) is 10.5. The third-order valence-corrected chi connectivity index (χ3v) is 17.6. The van der Waals surface area contributed by atoms with Crippen LogP contribution < -0.4 is 0 Å². The van der Waals surface area contributed by atoms with Crippen molar-refractivity contribution in [1.29, 1.82) is 0 Å². The van der Waals surface area contributed by atoms with E-state index < -0.39 is 20.8 Å². The van der Waals surface area contributed by atoms with Crippen LogP contribution in [0.2, 0.25) is 0 Å². The van der Waals surface area contributed by atoms with Crippen molar-refractivity contribution in [2.75, 3.05) is 0 Å². The van der Waals surface area contributed by atoms with E-state index >= 15 is 0 Å². The predicted molar refractivity (Wildman–Crippen MR) is 317 cm³/mol. The third-order valence-electron chi connectivity index (χ3n) is 17.6. The molecule has 0 N–H and O–H groups in total. The monoisotopic (exact) mass is 1080 g/mol. The molecule has 6 aliphatic carbocycles. The van der Waals surface area contributed by atoms with Crippen LogP contribution in [0.15, 0.2) is 212 Å². The largest absolute Gasteiger partial charge is 0.0622 e. The first-order valence-corrected chi connectivity index (χ1v) is 33.0.